The van der Waals surface area contributed by atoms with E-state index < -0.39 is 11.6 Å². The van der Waals surface area contributed by atoms with E-state index in [9.17, 15) is 14.7 Å². The number of aromatic nitrogens is 2. The van der Waals surface area contributed by atoms with Gasteiger partial charge in [-0.05, 0) is 55.5 Å². The van der Waals surface area contributed by atoms with Crippen molar-refractivity contribution >= 4 is 60.3 Å². The molecule has 0 aliphatic rings. The lowest BCUT2D eigenvalue weighted by molar-refractivity contribution is 0.0692. The molecule has 6 rings (SSSR count). The molecule has 32 heavy (non-hydrogen) atoms. The minimum atomic E-state index is -1.30. The van der Waals surface area contributed by atoms with Crippen molar-refractivity contribution in [1.29, 1.82) is 0 Å². The molecule has 0 fully saturated rings. The van der Waals surface area contributed by atoms with Crippen molar-refractivity contribution in [2.75, 3.05) is 0 Å². The van der Waals surface area contributed by atoms with Gasteiger partial charge in [0.05, 0.1) is 21.1 Å². The SMILES string of the molecule is CCn1c2ccc(-c3nc4ccccc4s3)cc2c2c3oc(=O)c(C(=O)O)cc3ccc21. The Balaban J connectivity index is 1.71. The summed E-state index contributed by atoms with van der Waals surface area (Å²) in [7, 11) is 0. The third kappa shape index (κ3) is 2.61. The van der Waals surface area contributed by atoms with Crippen LogP contribution in [0, 0.1) is 0 Å². The van der Waals surface area contributed by atoms with Crippen LogP contribution in [0.15, 0.2) is 69.9 Å². The van der Waals surface area contributed by atoms with E-state index in [0.717, 1.165) is 49.1 Å². The number of carboxylic acid groups (broad SMARTS) is 1. The van der Waals surface area contributed by atoms with Gasteiger partial charge in [-0.25, -0.2) is 14.6 Å². The fourth-order valence-corrected chi connectivity index (χ4v) is 5.34. The number of carbonyl (C=O) groups is 1. The van der Waals surface area contributed by atoms with Gasteiger partial charge in [-0.2, -0.15) is 0 Å². The van der Waals surface area contributed by atoms with Gasteiger partial charge in [-0.1, -0.05) is 12.1 Å². The lowest BCUT2D eigenvalue weighted by Crippen LogP contribution is -2.12. The summed E-state index contributed by atoms with van der Waals surface area (Å²) >= 11 is 1.63. The Morgan fingerprint density at radius 2 is 1.91 bits per heavy atom. The minimum absolute atomic E-state index is 0.369. The van der Waals surface area contributed by atoms with Crippen LogP contribution < -0.4 is 5.63 Å². The van der Waals surface area contributed by atoms with Gasteiger partial charge >= 0.3 is 11.6 Å². The number of rotatable bonds is 3. The largest absolute Gasteiger partial charge is 0.477 e. The van der Waals surface area contributed by atoms with Crippen molar-refractivity contribution in [3.05, 3.63) is 76.6 Å². The number of hydrogen-bond acceptors (Lipinski definition) is 5. The summed E-state index contributed by atoms with van der Waals surface area (Å²) in [6, 6.07) is 19.4. The molecule has 0 unspecified atom stereocenters. The van der Waals surface area contributed by atoms with Gasteiger partial charge in [0.1, 0.15) is 16.2 Å². The standard InChI is InChI=1S/C25H16N2O4S/c1-2-27-18-9-8-14(23-26-17-5-3-4-6-20(17)32-23)12-15(18)21-19(27)10-7-13-11-16(24(28)29)25(30)31-22(13)21/h3-12H,2H2,1H3,(H,28,29). The molecule has 3 aromatic carbocycles. The molecule has 0 saturated carbocycles. The van der Waals surface area contributed by atoms with E-state index >= 15 is 0 Å². The van der Waals surface area contributed by atoms with Gasteiger partial charge in [0.25, 0.3) is 0 Å². The van der Waals surface area contributed by atoms with Crippen molar-refractivity contribution in [2.24, 2.45) is 0 Å². The molecule has 6 aromatic rings. The van der Waals surface area contributed by atoms with E-state index in [1.165, 1.54) is 6.07 Å². The zero-order valence-corrected chi connectivity index (χ0v) is 17.8. The molecule has 0 aliphatic heterocycles. The van der Waals surface area contributed by atoms with E-state index in [-0.39, 0.29) is 5.56 Å². The molecule has 7 heteroatoms. The number of carboxylic acids is 1. The fourth-order valence-electron chi connectivity index (χ4n) is 4.38. The maximum Gasteiger partial charge on any atom is 0.351 e. The van der Waals surface area contributed by atoms with Crippen molar-refractivity contribution in [1.82, 2.24) is 9.55 Å². The number of para-hydroxylation sites is 1. The third-order valence-corrected chi connectivity index (χ3v) is 6.90. The molecule has 3 heterocycles. The number of thiazole rings is 1. The highest BCUT2D eigenvalue weighted by molar-refractivity contribution is 7.21. The summed E-state index contributed by atoms with van der Waals surface area (Å²) in [4.78, 5) is 28.5. The summed E-state index contributed by atoms with van der Waals surface area (Å²) in [5, 5.41) is 12.5. The Morgan fingerprint density at radius 3 is 2.69 bits per heavy atom. The molecule has 0 radical (unpaired) electrons. The summed E-state index contributed by atoms with van der Waals surface area (Å²) in [5.74, 6) is -1.30. The molecule has 1 N–H and O–H groups in total. The normalized spacial score (nSPS) is 11.8. The quantitative estimate of drug-likeness (QED) is 0.347. The highest BCUT2D eigenvalue weighted by Crippen LogP contribution is 2.38. The van der Waals surface area contributed by atoms with Crippen molar-refractivity contribution < 1.29 is 14.3 Å². The maximum absolute atomic E-state index is 12.4. The molecule has 0 aliphatic carbocycles. The number of aromatic carboxylic acids is 1. The van der Waals surface area contributed by atoms with Crippen molar-refractivity contribution in [3.63, 3.8) is 0 Å². The molecular weight excluding hydrogens is 424 g/mol. The predicted octanol–water partition coefficient (Wildman–Crippen LogP) is 5.90. The Bertz CT molecular complexity index is 1740. The zero-order valence-electron chi connectivity index (χ0n) is 17.0. The second-order valence-electron chi connectivity index (χ2n) is 7.59. The Kier molecular flexibility index (Phi) is 3.97. The van der Waals surface area contributed by atoms with Gasteiger partial charge in [-0.15, -0.1) is 11.3 Å². The number of nitrogens with zero attached hydrogens (tertiary/aromatic N) is 2. The van der Waals surface area contributed by atoms with Gasteiger partial charge in [0.2, 0.25) is 0 Å². The monoisotopic (exact) mass is 440 g/mol. The van der Waals surface area contributed by atoms with Crippen LogP contribution in [0.2, 0.25) is 0 Å². The van der Waals surface area contributed by atoms with Crippen LogP contribution in [0.25, 0.3) is 53.6 Å². The first-order valence-electron chi connectivity index (χ1n) is 10.2. The molecule has 0 atom stereocenters. The minimum Gasteiger partial charge on any atom is -0.477 e. The van der Waals surface area contributed by atoms with E-state index in [1.807, 2.05) is 24.3 Å². The molecule has 156 valence electrons. The molecular formula is C25H16N2O4S. The van der Waals surface area contributed by atoms with Gasteiger partial charge in [-0.3, -0.25) is 0 Å². The van der Waals surface area contributed by atoms with Crippen LogP contribution in [-0.4, -0.2) is 20.6 Å². The molecule has 0 bridgehead atoms. The van der Waals surface area contributed by atoms with Crippen molar-refractivity contribution in [2.45, 2.75) is 13.5 Å². The zero-order chi connectivity index (χ0) is 22.0. The topological polar surface area (TPSA) is 85.3 Å². The van der Waals surface area contributed by atoms with Crippen LogP contribution >= 0.6 is 11.3 Å². The van der Waals surface area contributed by atoms with Crippen LogP contribution in [0.3, 0.4) is 0 Å². The molecule has 3 aromatic heterocycles. The average molecular weight is 440 g/mol. The predicted molar refractivity (Wildman–Crippen MR) is 127 cm³/mol. The van der Waals surface area contributed by atoms with Crippen molar-refractivity contribution in [3.8, 4) is 10.6 Å². The van der Waals surface area contributed by atoms with Crippen LogP contribution in [-0.2, 0) is 6.54 Å². The molecule has 0 spiro atoms. The summed E-state index contributed by atoms with van der Waals surface area (Å²) in [6.45, 7) is 2.80. The Labute approximate surface area is 185 Å². The average Bonchev–Trinajstić information content (AvgIpc) is 3.37. The number of aryl methyl sites for hydroxylation is 1. The van der Waals surface area contributed by atoms with Crippen LogP contribution in [0.5, 0.6) is 0 Å². The highest BCUT2D eigenvalue weighted by atomic mass is 32.1. The van der Waals surface area contributed by atoms with Gasteiger partial charge in [0, 0.05) is 28.4 Å². The summed E-state index contributed by atoms with van der Waals surface area (Å²) < 4.78 is 8.85. The number of fused-ring (bicyclic) bond motifs is 6. The lowest BCUT2D eigenvalue weighted by atomic mass is 10.1. The highest BCUT2D eigenvalue weighted by Gasteiger charge is 2.19. The van der Waals surface area contributed by atoms with Gasteiger partial charge in [0.15, 0.2) is 0 Å². The first-order valence-corrected chi connectivity index (χ1v) is 11.0. The smallest absolute Gasteiger partial charge is 0.351 e. The number of benzene rings is 3. The van der Waals surface area contributed by atoms with E-state index in [0.29, 0.717) is 11.0 Å². The van der Waals surface area contributed by atoms with Crippen LogP contribution in [0.1, 0.15) is 17.3 Å². The van der Waals surface area contributed by atoms with E-state index in [2.05, 4.69) is 35.8 Å². The molecule has 6 nitrogen and oxygen atoms in total. The first-order chi connectivity index (χ1) is 15.5. The second kappa shape index (κ2) is 6.77. The molecule has 0 amide bonds. The third-order valence-electron chi connectivity index (χ3n) is 5.82. The second-order valence-corrected chi connectivity index (χ2v) is 8.62. The maximum atomic E-state index is 12.4. The Hall–Kier alpha value is -3.97. The van der Waals surface area contributed by atoms with E-state index in [4.69, 9.17) is 9.40 Å². The fraction of sp³-hybridized carbons (Fsp3) is 0.0800. The first kappa shape index (κ1) is 18.8. The lowest BCUT2D eigenvalue weighted by Gasteiger charge is -2.04. The Morgan fingerprint density at radius 1 is 1.09 bits per heavy atom. The van der Waals surface area contributed by atoms with E-state index in [1.54, 1.807) is 17.4 Å². The van der Waals surface area contributed by atoms with Gasteiger partial charge < -0.3 is 14.1 Å². The number of hydrogen-bond donors (Lipinski definition) is 1. The summed E-state index contributed by atoms with van der Waals surface area (Å²) in [5.41, 5.74) is 3.07. The molecule has 0 saturated heterocycles. The summed E-state index contributed by atoms with van der Waals surface area (Å²) in [6.07, 6.45) is 0. The van der Waals surface area contributed by atoms with Crippen LogP contribution in [0.4, 0.5) is 0 Å².